The van der Waals surface area contributed by atoms with Crippen LogP contribution in [0.3, 0.4) is 0 Å². The first-order valence-electron chi connectivity index (χ1n) is 15.7. The van der Waals surface area contributed by atoms with Crippen molar-refractivity contribution in [3.63, 3.8) is 0 Å². The summed E-state index contributed by atoms with van der Waals surface area (Å²) in [6.07, 6.45) is 1.96. The van der Waals surface area contributed by atoms with Gasteiger partial charge >= 0.3 is 0 Å². The van der Waals surface area contributed by atoms with Gasteiger partial charge in [-0.1, -0.05) is 41.9 Å². The Morgan fingerprint density at radius 2 is 1.61 bits per heavy atom. The molecule has 1 aliphatic rings. The van der Waals surface area contributed by atoms with Gasteiger partial charge in [0.05, 0.1) is 38.8 Å². The highest BCUT2D eigenvalue weighted by Gasteiger charge is 2.19. The number of aliphatic imine (C=N–C) groups is 2. The van der Waals surface area contributed by atoms with E-state index in [0.717, 1.165) is 46.9 Å². The van der Waals surface area contributed by atoms with E-state index in [4.69, 9.17) is 26.1 Å². The van der Waals surface area contributed by atoms with E-state index in [9.17, 15) is 5.11 Å². The van der Waals surface area contributed by atoms with Gasteiger partial charge in [0, 0.05) is 35.2 Å². The fraction of sp³-hybridized carbons (Fsp3) is 0.371. The summed E-state index contributed by atoms with van der Waals surface area (Å²) in [5, 5.41) is 27.2. The summed E-state index contributed by atoms with van der Waals surface area (Å²) in [5.74, 6) is 1.41. The molecule has 3 aromatic rings. The first-order valence-corrected chi connectivity index (χ1v) is 16.1. The molecule has 246 valence electrons. The lowest BCUT2D eigenvalue weighted by molar-refractivity contribution is 0.0524. The summed E-state index contributed by atoms with van der Waals surface area (Å²) in [6.45, 7) is 8.12. The van der Waals surface area contributed by atoms with Crippen LogP contribution in [0, 0.1) is 0 Å². The Morgan fingerprint density at radius 1 is 0.913 bits per heavy atom. The van der Waals surface area contributed by atoms with Crippen LogP contribution in [0.15, 0.2) is 88.4 Å². The van der Waals surface area contributed by atoms with E-state index in [0.29, 0.717) is 51.3 Å². The zero-order chi connectivity index (χ0) is 32.6. The van der Waals surface area contributed by atoms with Gasteiger partial charge in [-0.3, -0.25) is 4.99 Å². The van der Waals surface area contributed by atoms with Gasteiger partial charge in [0.25, 0.3) is 0 Å². The molecule has 1 saturated carbocycles. The number of halogens is 1. The number of allylic oxidation sites excluding steroid dienone is 1. The standard InChI is InChI=1S/C35H46ClN7O3/c1-25(38-19-21-46-23-22-45-20-18-37-3)41-35(43-31-14-16-32(44)17-15-31)42-26(2)40-30-12-10-28(11-13-30)34(27-8-9-27)39-24-29-6-4-5-7-33(29)36/h4-7,10-17,26,37,39-40,44H,8-9,18-24H2,1-3H3,(H2,38,41,42,43). The van der Waals surface area contributed by atoms with Crippen LogP contribution >= 0.6 is 11.6 Å². The number of hydrogen-bond donors (Lipinski definition) is 6. The summed E-state index contributed by atoms with van der Waals surface area (Å²) in [7, 11) is 1.90. The molecule has 46 heavy (non-hydrogen) atoms. The van der Waals surface area contributed by atoms with E-state index in [-0.39, 0.29) is 11.9 Å². The van der Waals surface area contributed by atoms with Crippen molar-refractivity contribution >= 4 is 40.5 Å². The van der Waals surface area contributed by atoms with Crippen LogP contribution in [0.4, 0.5) is 11.4 Å². The molecule has 0 heterocycles. The van der Waals surface area contributed by atoms with Crippen molar-refractivity contribution in [2.24, 2.45) is 9.98 Å². The highest BCUT2D eigenvalue weighted by atomic mass is 35.5. The van der Waals surface area contributed by atoms with Gasteiger partial charge in [0.2, 0.25) is 5.96 Å². The zero-order valence-corrected chi connectivity index (χ0v) is 27.7. The van der Waals surface area contributed by atoms with Crippen molar-refractivity contribution in [2.75, 3.05) is 57.2 Å². The molecule has 0 saturated heterocycles. The molecule has 6 N–H and O–H groups in total. The van der Waals surface area contributed by atoms with Crippen molar-refractivity contribution < 1.29 is 14.6 Å². The number of aromatic hydroxyl groups is 1. The van der Waals surface area contributed by atoms with E-state index >= 15 is 0 Å². The van der Waals surface area contributed by atoms with Gasteiger partial charge in [-0.15, -0.1) is 0 Å². The van der Waals surface area contributed by atoms with Crippen LogP contribution in [0.5, 0.6) is 5.75 Å². The summed E-state index contributed by atoms with van der Waals surface area (Å²) in [4.78, 5) is 9.42. The molecule has 0 amide bonds. The lowest BCUT2D eigenvalue weighted by Crippen LogP contribution is -2.36. The van der Waals surface area contributed by atoms with Crippen LogP contribution in [-0.2, 0) is 16.0 Å². The summed E-state index contributed by atoms with van der Waals surface area (Å²) >= 11 is 6.38. The molecule has 11 heteroatoms. The molecule has 3 aromatic carbocycles. The normalized spacial score (nSPS) is 13.7. The monoisotopic (exact) mass is 647 g/mol. The molecule has 0 aliphatic heterocycles. The third-order valence-corrected chi connectivity index (χ3v) is 7.39. The number of rotatable bonds is 17. The molecule has 1 unspecified atom stereocenters. The molecule has 0 radical (unpaired) electrons. The minimum Gasteiger partial charge on any atom is -0.508 e. The zero-order valence-electron chi connectivity index (χ0n) is 26.9. The average Bonchev–Trinajstić information content (AvgIpc) is 3.88. The van der Waals surface area contributed by atoms with E-state index in [2.05, 4.69) is 55.8 Å². The van der Waals surface area contributed by atoms with E-state index < -0.39 is 0 Å². The van der Waals surface area contributed by atoms with Crippen molar-refractivity contribution in [1.82, 2.24) is 16.0 Å². The van der Waals surface area contributed by atoms with Gasteiger partial charge in [-0.25, -0.2) is 4.99 Å². The lowest BCUT2D eigenvalue weighted by atomic mass is 10.1. The molecular formula is C35H46ClN7O3. The van der Waals surface area contributed by atoms with Crippen molar-refractivity contribution in [3.8, 4) is 5.75 Å². The molecule has 0 aromatic heterocycles. The van der Waals surface area contributed by atoms with E-state index in [1.165, 1.54) is 11.3 Å². The number of benzene rings is 3. The first-order chi connectivity index (χ1) is 22.4. The van der Waals surface area contributed by atoms with E-state index in [1.807, 2.05) is 45.2 Å². The molecule has 10 nitrogen and oxygen atoms in total. The number of ether oxygens (including phenoxy) is 2. The quantitative estimate of drug-likeness (QED) is 0.0469. The molecular weight excluding hydrogens is 602 g/mol. The van der Waals surface area contributed by atoms with Crippen molar-refractivity contribution in [2.45, 2.75) is 39.4 Å². The number of phenols is 1. The largest absolute Gasteiger partial charge is 0.508 e. The van der Waals surface area contributed by atoms with Crippen LogP contribution in [0.25, 0.3) is 5.70 Å². The number of nitrogens with one attached hydrogen (secondary N) is 5. The molecule has 4 rings (SSSR count). The summed E-state index contributed by atoms with van der Waals surface area (Å²) in [5.41, 5.74) is 6.57. The molecule has 0 bridgehead atoms. The second-order valence-electron chi connectivity index (χ2n) is 10.9. The topological polar surface area (TPSA) is 124 Å². The molecule has 1 atom stereocenters. The molecule has 0 spiro atoms. The second-order valence-corrected chi connectivity index (χ2v) is 11.3. The number of anilines is 2. The van der Waals surface area contributed by atoms with Crippen molar-refractivity contribution in [3.05, 3.63) is 94.5 Å². The predicted molar refractivity (Wildman–Crippen MR) is 190 cm³/mol. The second kappa shape index (κ2) is 18.8. The van der Waals surface area contributed by atoms with Gasteiger partial charge in [0.15, 0.2) is 0 Å². The van der Waals surface area contributed by atoms with Crippen LogP contribution in [-0.4, -0.2) is 69.6 Å². The number of guanidine groups is 1. The Morgan fingerprint density at radius 3 is 2.30 bits per heavy atom. The van der Waals surface area contributed by atoms with Crippen LogP contribution in [0.1, 0.15) is 37.8 Å². The Hall–Kier alpha value is -4.09. The fourth-order valence-electron chi connectivity index (χ4n) is 4.53. The van der Waals surface area contributed by atoms with E-state index in [1.54, 1.807) is 24.3 Å². The average molecular weight is 648 g/mol. The Balaban J connectivity index is 1.34. The van der Waals surface area contributed by atoms with Gasteiger partial charge in [0.1, 0.15) is 11.9 Å². The predicted octanol–water partition coefficient (Wildman–Crippen LogP) is 5.83. The number of phenolic OH excluding ortho intramolecular Hbond substituents is 1. The molecule has 1 fully saturated rings. The van der Waals surface area contributed by atoms with Gasteiger partial charge in [-0.2, -0.15) is 0 Å². The number of hydrogen-bond acceptors (Lipinski definition) is 8. The fourth-order valence-corrected chi connectivity index (χ4v) is 4.73. The maximum Gasteiger partial charge on any atom is 0.203 e. The maximum atomic E-state index is 9.70. The lowest BCUT2D eigenvalue weighted by Gasteiger charge is -2.17. The first kappa shape index (κ1) is 34.8. The minimum atomic E-state index is -0.267. The van der Waals surface area contributed by atoms with Gasteiger partial charge < -0.3 is 41.2 Å². The third-order valence-electron chi connectivity index (χ3n) is 7.02. The van der Waals surface area contributed by atoms with Crippen LogP contribution < -0.4 is 26.6 Å². The van der Waals surface area contributed by atoms with Gasteiger partial charge in [-0.05, 0) is 92.9 Å². The Kier molecular flexibility index (Phi) is 14.2. The Bertz CT molecular complexity index is 1450. The number of nitrogens with zero attached hydrogens (tertiary/aromatic N) is 2. The third kappa shape index (κ3) is 12.4. The highest BCUT2D eigenvalue weighted by molar-refractivity contribution is 6.31. The van der Waals surface area contributed by atoms with Crippen LogP contribution in [0.2, 0.25) is 5.02 Å². The summed E-state index contributed by atoms with van der Waals surface area (Å²) in [6, 6.07) is 23.1. The SMILES string of the molecule is CNCCOCCOCCN=C(C)N/C(=N\C(C)Nc1ccc(C(NCc2ccccc2Cl)=C2CC2)cc1)Nc1ccc(O)cc1. The maximum absolute atomic E-state index is 9.70. The number of likely N-dealkylation sites (N-methyl/N-ethyl adjacent to an activating group) is 1. The number of amidine groups is 1. The minimum absolute atomic E-state index is 0.195. The Labute approximate surface area is 277 Å². The summed E-state index contributed by atoms with van der Waals surface area (Å²) < 4.78 is 11.1. The smallest absolute Gasteiger partial charge is 0.203 e. The molecule has 1 aliphatic carbocycles. The highest BCUT2D eigenvalue weighted by Crippen LogP contribution is 2.35. The van der Waals surface area contributed by atoms with Crippen molar-refractivity contribution in [1.29, 1.82) is 0 Å².